The molecule has 3 aromatic rings. The molecule has 28 heavy (non-hydrogen) atoms. The van der Waals surface area contributed by atoms with E-state index < -0.39 is 0 Å². The van der Waals surface area contributed by atoms with E-state index in [1.54, 1.807) is 35.7 Å². The van der Waals surface area contributed by atoms with E-state index in [2.05, 4.69) is 27.7 Å². The summed E-state index contributed by atoms with van der Waals surface area (Å²) in [6, 6.07) is 11.0. The summed E-state index contributed by atoms with van der Waals surface area (Å²) in [5, 5.41) is 25.2. The molecule has 3 rings (SSSR count). The number of nitrogens with zero attached hydrogens (tertiary/aromatic N) is 2. The molecule has 0 N–H and O–H groups in total. The molecule has 0 aliphatic heterocycles. The molecule has 0 amide bonds. The molecule has 0 spiro atoms. The Morgan fingerprint density at radius 2 is 1.00 bits per heavy atom. The SMILES string of the molecule is Cc1c(C)c(CSc2cccc[n+]2[O-])c(C)c(C)c1CSc1cccc[n+]1[O-]. The minimum absolute atomic E-state index is 0.709. The van der Waals surface area contributed by atoms with E-state index in [-0.39, 0.29) is 0 Å². The summed E-state index contributed by atoms with van der Waals surface area (Å²) in [4.78, 5) is 0. The molecule has 0 fully saturated rings. The number of pyridine rings is 2. The highest BCUT2D eigenvalue weighted by Gasteiger charge is 2.17. The Labute approximate surface area is 174 Å². The van der Waals surface area contributed by atoms with E-state index >= 15 is 0 Å². The Kier molecular flexibility index (Phi) is 6.52. The summed E-state index contributed by atoms with van der Waals surface area (Å²) in [6.45, 7) is 8.60. The average molecular weight is 413 g/mol. The fourth-order valence-corrected chi connectivity index (χ4v) is 5.42. The van der Waals surface area contributed by atoms with Gasteiger partial charge in [-0.15, -0.1) is 0 Å². The van der Waals surface area contributed by atoms with Gasteiger partial charge in [0, 0.05) is 35.8 Å². The summed E-state index contributed by atoms with van der Waals surface area (Å²) >= 11 is 3.13. The van der Waals surface area contributed by atoms with E-state index in [4.69, 9.17) is 0 Å². The van der Waals surface area contributed by atoms with Gasteiger partial charge in [-0.2, -0.15) is 9.46 Å². The molecule has 2 aromatic heterocycles. The highest BCUT2D eigenvalue weighted by Crippen LogP contribution is 2.33. The molecule has 0 aliphatic carbocycles. The Balaban J connectivity index is 1.85. The third kappa shape index (κ3) is 4.28. The van der Waals surface area contributed by atoms with Crippen molar-refractivity contribution < 1.29 is 9.46 Å². The minimum Gasteiger partial charge on any atom is -0.618 e. The molecule has 6 heteroatoms. The van der Waals surface area contributed by atoms with Crippen molar-refractivity contribution in [2.75, 3.05) is 0 Å². The number of hydrogen-bond acceptors (Lipinski definition) is 4. The first-order chi connectivity index (χ1) is 13.4. The lowest BCUT2D eigenvalue weighted by Gasteiger charge is -2.20. The van der Waals surface area contributed by atoms with E-state index in [9.17, 15) is 10.4 Å². The van der Waals surface area contributed by atoms with Crippen molar-refractivity contribution in [3.8, 4) is 0 Å². The fourth-order valence-electron chi connectivity index (χ4n) is 3.24. The van der Waals surface area contributed by atoms with E-state index in [1.165, 1.54) is 45.8 Å². The molecule has 0 aliphatic rings. The molecule has 2 heterocycles. The van der Waals surface area contributed by atoms with Gasteiger partial charge < -0.3 is 10.4 Å². The van der Waals surface area contributed by atoms with Crippen LogP contribution in [0.3, 0.4) is 0 Å². The van der Waals surface area contributed by atoms with Crippen molar-refractivity contribution in [2.45, 2.75) is 49.3 Å². The normalized spacial score (nSPS) is 11.0. The molecular formula is C22H24N2O2S2. The van der Waals surface area contributed by atoms with Gasteiger partial charge in [-0.25, -0.2) is 0 Å². The van der Waals surface area contributed by atoms with Crippen LogP contribution in [0.2, 0.25) is 0 Å². The number of rotatable bonds is 6. The summed E-state index contributed by atoms with van der Waals surface area (Å²) in [5.74, 6) is 1.52. The molecule has 4 nitrogen and oxygen atoms in total. The molecule has 0 saturated carbocycles. The zero-order chi connectivity index (χ0) is 20.3. The zero-order valence-electron chi connectivity index (χ0n) is 16.6. The summed E-state index contributed by atoms with van der Waals surface area (Å²) in [5.41, 5.74) is 7.64. The topological polar surface area (TPSA) is 53.9 Å². The van der Waals surface area contributed by atoms with Gasteiger partial charge in [0.1, 0.15) is 0 Å². The summed E-state index contributed by atoms with van der Waals surface area (Å²) in [7, 11) is 0. The van der Waals surface area contributed by atoms with E-state index in [0.29, 0.717) is 10.1 Å². The largest absolute Gasteiger partial charge is 0.618 e. The zero-order valence-corrected chi connectivity index (χ0v) is 18.2. The van der Waals surface area contributed by atoms with Gasteiger partial charge in [-0.05, 0) is 73.2 Å². The van der Waals surface area contributed by atoms with Gasteiger partial charge in [0.15, 0.2) is 12.4 Å². The summed E-state index contributed by atoms with van der Waals surface area (Å²) < 4.78 is 1.83. The molecule has 0 atom stereocenters. The molecule has 0 unspecified atom stereocenters. The maximum Gasteiger partial charge on any atom is 0.251 e. The molecule has 0 saturated heterocycles. The first-order valence-electron chi connectivity index (χ1n) is 9.10. The van der Waals surface area contributed by atoms with Crippen molar-refractivity contribution >= 4 is 23.5 Å². The van der Waals surface area contributed by atoms with Gasteiger partial charge in [0.25, 0.3) is 10.1 Å². The predicted octanol–water partition coefficient (Wildman–Crippen LogP) is 4.77. The van der Waals surface area contributed by atoms with Crippen LogP contribution in [-0.2, 0) is 11.5 Å². The second-order valence-corrected chi connectivity index (χ2v) is 8.76. The highest BCUT2D eigenvalue weighted by atomic mass is 32.2. The van der Waals surface area contributed by atoms with Crippen LogP contribution in [0.4, 0.5) is 0 Å². The van der Waals surface area contributed by atoms with Crippen LogP contribution in [0.1, 0.15) is 33.4 Å². The molecule has 1 aromatic carbocycles. The Morgan fingerprint density at radius 1 is 0.643 bits per heavy atom. The van der Waals surface area contributed by atoms with Crippen molar-refractivity contribution in [1.29, 1.82) is 0 Å². The first-order valence-corrected chi connectivity index (χ1v) is 11.1. The maximum absolute atomic E-state index is 11.9. The van der Waals surface area contributed by atoms with Crippen molar-refractivity contribution in [3.05, 3.63) is 92.6 Å². The van der Waals surface area contributed by atoms with Crippen LogP contribution in [-0.4, -0.2) is 0 Å². The molecule has 0 bridgehead atoms. The monoisotopic (exact) mass is 412 g/mol. The van der Waals surface area contributed by atoms with Crippen LogP contribution in [0.25, 0.3) is 0 Å². The van der Waals surface area contributed by atoms with Crippen LogP contribution in [0.5, 0.6) is 0 Å². The van der Waals surface area contributed by atoms with Gasteiger partial charge in [0.05, 0.1) is 0 Å². The number of aromatic nitrogens is 2. The number of hydrogen-bond donors (Lipinski definition) is 0. The number of benzene rings is 1. The van der Waals surface area contributed by atoms with Gasteiger partial charge in [0.2, 0.25) is 0 Å². The Hall–Kier alpha value is -2.18. The summed E-state index contributed by atoms with van der Waals surface area (Å²) in [6.07, 6.45) is 3.06. The quantitative estimate of drug-likeness (QED) is 0.332. The second kappa shape index (κ2) is 8.88. The lowest BCUT2D eigenvalue weighted by atomic mass is 9.90. The number of thioether (sulfide) groups is 2. The van der Waals surface area contributed by atoms with E-state index in [0.717, 1.165) is 21.0 Å². The van der Waals surface area contributed by atoms with Gasteiger partial charge >= 0.3 is 0 Å². The Bertz CT molecular complexity index is 896. The molecular weight excluding hydrogens is 388 g/mol. The second-order valence-electron chi connectivity index (χ2n) is 6.76. The molecule has 146 valence electrons. The average Bonchev–Trinajstić information content (AvgIpc) is 2.69. The third-order valence-corrected chi connectivity index (χ3v) is 7.33. The van der Waals surface area contributed by atoms with Crippen LogP contribution < -0.4 is 9.46 Å². The minimum atomic E-state index is 0.709. The maximum atomic E-state index is 11.9. The Morgan fingerprint density at radius 3 is 1.32 bits per heavy atom. The molecule has 0 radical (unpaired) electrons. The van der Waals surface area contributed by atoms with Crippen LogP contribution >= 0.6 is 23.5 Å². The first kappa shape index (κ1) is 20.6. The lowest BCUT2D eigenvalue weighted by molar-refractivity contribution is -0.645. The standard InChI is InChI=1S/C22H24N2O2S2/c1-15-16(2)20(14-28-22-10-6-8-12-24(22)26)18(4)17(3)19(15)13-27-21-9-5-7-11-23(21)25/h5-12H,13-14H2,1-4H3. The lowest BCUT2D eigenvalue weighted by Crippen LogP contribution is -2.27. The van der Waals surface area contributed by atoms with Gasteiger partial charge in [-0.3, -0.25) is 0 Å². The predicted molar refractivity (Wildman–Crippen MR) is 115 cm³/mol. The van der Waals surface area contributed by atoms with Crippen LogP contribution in [0, 0.1) is 38.1 Å². The van der Waals surface area contributed by atoms with Crippen molar-refractivity contribution in [2.24, 2.45) is 0 Å². The smallest absolute Gasteiger partial charge is 0.251 e. The van der Waals surface area contributed by atoms with Crippen molar-refractivity contribution in [3.63, 3.8) is 0 Å². The van der Waals surface area contributed by atoms with E-state index in [1.807, 2.05) is 24.3 Å². The third-order valence-electron chi connectivity index (χ3n) is 5.24. The fraction of sp³-hybridized carbons (Fsp3) is 0.273. The van der Waals surface area contributed by atoms with Crippen LogP contribution in [0.15, 0.2) is 58.8 Å². The van der Waals surface area contributed by atoms with Gasteiger partial charge in [-0.1, -0.05) is 23.5 Å². The van der Waals surface area contributed by atoms with Crippen molar-refractivity contribution in [1.82, 2.24) is 0 Å². The highest BCUT2D eigenvalue weighted by molar-refractivity contribution is 7.98.